The van der Waals surface area contributed by atoms with E-state index < -0.39 is 0 Å². The quantitative estimate of drug-likeness (QED) is 0.855. The largest absolute Gasteiger partial charge is 0.496 e. The van der Waals surface area contributed by atoms with Gasteiger partial charge in [-0.15, -0.1) is 0 Å². The molecule has 1 aromatic rings. The number of aryl methyl sites for hydroxylation is 2. The van der Waals surface area contributed by atoms with Crippen LogP contribution in [0, 0.1) is 19.8 Å². The summed E-state index contributed by atoms with van der Waals surface area (Å²) in [7, 11) is 3.80. The van der Waals surface area contributed by atoms with Crippen LogP contribution in [0.15, 0.2) is 12.1 Å². The van der Waals surface area contributed by atoms with Gasteiger partial charge >= 0.3 is 0 Å². The summed E-state index contributed by atoms with van der Waals surface area (Å²) >= 11 is 0. The lowest BCUT2D eigenvalue weighted by molar-refractivity contribution is 0.406. The van der Waals surface area contributed by atoms with Crippen molar-refractivity contribution in [1.82, 2.24) is 10.6 Å². The molecule has 2 unspecified atom stereocenters. The second-order valence-electron chi connectivity index (χ2n) is 5.62. The summed E-state index contributed by atoms with van der Waals surface area (Å²) < 4.78 is 5.45. The monoisotopic (exact) mass is 262 g/mol. The first-order chi connectivity index (χ1) is 9.15. The maximum atomic E-state index is 5.45. The molecular formula is C16H26N2O. The van der Waals surface area contributed by atoms with Crippen molar-refractivity contribution in [1.29, 1.82) is 0 Å². The highest BCUT2D eigenvalue weighted by Gasteiger charge is 2.21. The molecule has 1 fully saturated rings. The molecule has 1 heterocycles. The highest BCUT2D eigenvalue weighted by Crippen LogP contribution is 2.30. The van der Waals surface area contributed by atoms with Crippen LogP contribution in [0.25, 0.3) is 0 Å². The lowest BCUT2D eigenvalue weighted by atomic mass is 9.92. The molecule has 2 rings (SSSR count). The van der Waals surface area contributed by atoms with Gasteiger partial charge in [-0.3, -0.25) is 0 Å². The van der Waals surface area contributed by atoms with Crippen LogP contribution in [-0.2, 0) is 0 Å². The molecule has 1 aliphatic rings. The molecule has 1 aliphatic heterocycles. The van der Waals surface area contributed by atoms with E-state index >= 15 is 0 Å². The van der Waals surface area contributed by atoms with Crippen LogP contribution in [0.3, 0.4) is 0 Å². The van der Waals surface area contributed by atoms with Crippen LogP contribution in [0.4, 0.5) is 0 Å². The zero-order chi connectivity index (χ0) is 13.8. The molecule has 2 N–H and O–H groups in total. The summed E-state index contributed by atoms with van der Waals surface area (Å²) in [5.41, 5.74) is 3.83. The normalized spacial score (nSPS) is 20.5. The van der Waals surface area contributed by atoms with E-state index in [0.717, 1.165) is 18.2 Å². The fourth-order valence-corrected chi connectivity index (χ4v) is 3.18. The standard InChI is InChI=1S/C16H26N2O/c1-11-7-14(8-12(2)16(11)19-4)15(17-3)9-13-5-6-18-10-13/h7-8,13,15,17-18H,5-6,9-10H2,1-4H3. The molecule has 3 heteroatoms. The molecule has 0 spiro atoms. The van der Waals surface area contributed by atoms with Crippen LogP contribution in [0.5, 0.6) is 5.75 Å². The average Bonchev–Trinajstić information content (AvgIpc) is 2.88. The van der Waals surface area contributed by atoms with E-state index in [4.69, 9.17) is 4.74 Å². The molecule has 106 valence electrons. The molecule has 0 saturated carbocycles. The second-order valence-corrected chi connectivity index (χ2v) is 5.62. The average molecular weight is 262 g/mol. The number of rotatable bonds is 5. The highest BCUT2D eigenvalue weighted by molar-refractivity contribution is 5.44. The van der Waals surface area contributed by atoms with E-state index in [-0.39, 0.29) is 0 Å². The van der Waals surface area contributed by atoms with Gasteiger partial charge in [0.1, 0.15) is 5.75 Å². The first kappa shape index (κ1) is 14.4. The molecule has 0 bridgehead atoms. The van der Waals surface area contributed by atoms with E-state index in [9.17, 15) is 0 Å². The summed E-state index contributed by atoms with van der Waals surface area (Å²) in [6.45, 7) is 6.58. The Labute approximate surface area is 116 Å². The smallest absolute Gasteiger partial charge is 0.124 e. The Morgan fingerprint density at radius 2 is 2.05 bits per heavy atom. The Morgan fingerprint density at radius 3 is 2.53 bits per heavy atom. The third-order valence-electron chi connectivity index (χ3n) is 4.17. The summed E-state index contributed by atoms with van der Waals surface area (Å²) in [5.74, 6) is 1.81. The fourth-order valence-electron chi connectivity index (χ4n) is 3.18. The molecule has 3 nitrogen and oxygen atoms in total. The van der Waals surface area contributed by atoms with Crippen molar-refractivity contribution in [2.24, 2.45) is 5.92 Å². The summed E-state index contributed by atoms with van der Waals surface area (Å²) in [6, 6.07) is 4.96. The van der Waals surface area contributed by atoms with Gasteiger partial charge in [-0.1, -0.05) is 12.1 Å². The lowest BCUT2D eigenvalue weighted by Crippen LogP contribution is -2.21. The predicted octanol–water partition coefficient (Wildman–Crippen LogP) is 2.57. The van der Waals surface area contributed by atoms with Crippen LogP contribution in [0.2, 0.25) is 0 Å². The van der Waals surface area contributed by atoms with E-state index in [1.165, 1.54) is 36.1 Å². The van der Waals surface area contributed by atoms with Gasteiger partial charge in [-0.05, 0) is 69.4 Å². The van der Waals surface area contributed by atoms with Crippen LogP contribution < -0.4 is 15.4 Å². The molecule has 1 aromatic carbocycles. The summed E-state index contributed by atoms with van der Waals surface area (Å²) in [5, 5.41) is 6.92. The van der Waals surface area contributed by atoms with Crippen LogP contribution in [-0.4, -0.2) is 27.2 Å². The first-order valence-corrected chi connectivity index (χ1v) is 7.18. The number of nitrogens with one attached hydrogen (secondary N) is 2. The second kappa shape index (κ2) is 6.40. The van der Waals surface area contributed by atoms with Gasteiger partial charge in [-0.2, -0.15) is 0 Å². The highest BCUT2D eigenvalue weighted by atomic mass is 16.5. The SMILES string of the molecule is CNC(CC1CCNC1)c1cc(C)c(OC)c(C)c1. The Morgan fingerprint density at radius 1 is 1.37 bits per heavy atom. The minimum Gasteiger partial charge on any atom is -0.496 e. The fraction of sp³-hybridized carbons (Fsp3) is 0.625. The Bertz CT molecular complexity index is 402. The molecule has 19 heavy (non-hydrogen) atoms. The van der Waals surface area contributed by atoms with Crippen molar-refractivity contribution < 1.29 is 4.74 Å². The van der Waals surface area contributed by atoms with Crippen LogP contribution >= 0.6 is 0 Å². The topological polar surface area (TPSA) is 33.3 Å². The van der Waals surface area contributed by atoms with Crippen molar-refractivity contribution in [3.63, 3.8) is 0 Å². The van der Waals surface area contributed by atoms with E-state index in [0.29, 0.717) is 6.04 Å². The molecule has 1 saturated heterocycles. The third-order valence-corrected chi connectivity index (χ3v) is 4.17. The minimum atomic E-state index is 0.438. The van der Waals surface area contributed by atoms with Crippen LogP contribution in [0.1, 0.15) is 35.6 Å². The minimum absolute atomic E-state index is 0.438. The van der Waals surface area contributed by atoms with E-state index in [1.807, 2.05) is 0 Å². The molecule has 0 aromatic heterocycles. The number of methoxy groups -OCH3 is 1. The molecule has 2 atom stereocenters. The number of benzene rings is 1. The molecule has 0 aliphatic carbocycles. The predicted molar refractivity (Wildman–Crippen MR) is 79.9 cm³/mol. The van der Waals surface area contributed by atoms with Crippen molar-refractivity contribution >= 4 is 0 Å². The Balaban J connectivity index is 2.17. The van der Waals surface area contributed by atoms with Gasteiger partial charge in [0, 0.05) is 6.04 Å². The summed E-state index contributed by atoms with van der Waals surface area (Å²) in [4.78, 5) is 0. The maximum Gasteiger partial charge on any atom is 0.124 e. The third kappa shape index (κ3) is 3.28. The van der Waals surface area contributed by atoms with Gasteiger partial charge in [0.05, 0.1) is 7.11 Å². The number of hydrogen-bond acceptors (Lipinski definition) is 3. The van der Waals surface area contributed by atoms with Gasteiger partial charge in [0.15, 0.2) is 0 Å². The molecule has 0 radical (unpaired) electrons. The van der Waals surface area contributed by atoms with Crippen molar-refractivity contribution in [2.75, 3.05) is 27.2 Å². The first-order valence-electron chi connectivity index (χ1n) is 7.18. The van der Waals surface area contributed by atoms with E-state index in [1.54, 1.807) is 7.11 Å². The van der Waals surface area contributed by atoms with Gasteiger partial charge in [0.25, 0.3) is 0 Å². The Kier molecular flexibility index (Phi) is 4.83. The number of hydrogen-bond donors (Lipinski definition) is 2. The van der Waals surface area contributed by atoms with Gasteiger partial charge in [-0.25, -0.2) is 0 Å². The Hall–Kier alpha value is -1.06. The van der Waals surface area contributed by atoms with Crippen molar-refractivity contribution in [3.8, 4) is 5.75 Å². The molecule has 0 amide bonds. The van der Waals surface area contributed by atoms with Gasteiger partial charge < -0.3 is 15.4 Å². The van der Waals surface area contributed by atoms with E-state index in [2.05, 4.69) is 43.7 Å². The maximum absolute atomic E-state index is 5.45. The van der Waals surface area contributed by atoms with Gasteiger partial charge in [0.2, 0.25) is 0 Å². The van der Waals surface area contributed by atoms with Crippen molar-refractivity contribution in [3.05, 3.63) is 28.8 Å². The van der Waals surface area contributed by atoms with Crippen molar-refractivity contribution in [2.45, 2.75) is 32.7 Å². The number of ether oxygens (including phenoxy) is 1. The lowest BCUT2D eigenvalue weighted by Gasteiger charge is -2.22. The zero-order valence-corrected chi connectivity index (χ0v) is 12.5. The zero-order valence-electron chi connectivity index (χ0n) is 12.5. The molecular weight excluding hydrogens is 236 g/mol. The summed E-state index contributed by atoms with van der Waals surface area (Å²) in [6.07, 6.45) is 2.50.